The molecule has 0 unspecified atom stereocenters. The van der Waals surface area contributed by atoms with Crippen molar-refractivity contribution in [3.63, 3.8) is 0 Å². The van der Waals surface area contributed by atoms with Crippen LogP contribution in [0, 0.1) is 0 Å². The first kappa shape index (κ1) is 23.6. The highest BCUT2D eigenvalue weighted by molar-refractivity contribution is 5.83. The van der Waals surface area contributed by atoms with E-state index in [9.17, 15) is 4.79 Å². The van der Waals surface area contributed by atoms with Gasteiger partial charge in [-0.2, -0.15) is 0 Å². The van der Waals surface area contributed by atoms with Crippen LogP contribution in [0.2, 0.25) is 0 Å². The molecule has 0 aliphatic carbocycles. The van der Waals surface area contributed by atoms with Crippen molar-refractivity contribution >= 4 is 27.7 Å². The van der Waals surface area contributed by atoms with Gasteiger partial charge in [0.15, 0.2) is 0 Å². The minimum absolute atomic E-state index is 0.0744. The number of nitrogens with one attached hydrogen (secondary N) is 1. The lowest BCUT2D eigenvalue weighted by molar-refractivity contribution is -0.121. The van der Waals surface area contributed by atoms with Crippen LogP contribution in [0.4, 0.5) is 0 Å². The zero-order chi connectivity index (χ0) is 24.6. The van der Waals surface area contributed by atoms with Crippen molar-refractivity contribution in [2.75, 3.05) is 13.2 Å². The van der Waals surface area contributed by atoms with Crippen LogP contribution in [0.15, 0.2) is 97.1 Å². The molecule has 182 valence electrons. The summed E-state index contributed by atoms with van der Waals surface area (Å²) < 4.78 is 8.31. The molecular weight excluding hydrogens is 446 g/mol. The van der Waals surface area contributed by atoms with Gasteiger partial charge in [-0.3, -0.25) is 4.79 Å². The number of nitrogens with zero attached hydrogens (tertiary/aromatic N) is 2. The number of para-hydroxylation sites is 2. The van der Waals surface area contributed by atoms with E-state index in [1.54, 1.807) is 0 Å². The fraction of sp³-hybridized carbons (Fsp3) is 0.226. The van der Waals surface area contributed by atoms with Crippen LogP contribution in [0.3, 0.4) is 0 Å². The van der Waals surface area contributed by atoms with E-state index < -0.39 is 0 Å². The SMILES string of the molecule is O=C(CCc1ccccc1)NCCc1nc2ccccc2n1CCCOc1ccc2ccccc2c1. The molecule has 0 bridgehead atoms. The lowest BCUT2D eigenvalue weighted by atomic mass is 10.1. The van der Waals surface area contributed by atoms with Gasteiger partial charge in [0.1, 0.15) is 11.6 Å². The minimum atomic E-state index is 0.0744. The predicted octanol–water partition coefficient (Wildman–Crippen LogP) is 5.95. The average molecular weight is 478 g/mol. The molecule has 0 aliphatic heterocycles. The van der Waals surface area contributed by atoms with Gasteiger partial charge in [-0.15, -0.1) is 0 Å². The fourth-order valence-electron chi connectivity index (χ4n) is 4.54. The molecule has 5 rings (SSSR count). The molecule has 1 heterocycles. The van der Waals surface area contributed by atoms with Crippen LogP contribution in [-0.4, -0.2) is 28.6 Å². The maximum atomic E-state index is 12.3. The van der Waals surface area contributed by atoms with Gasteiger partial charge < -0.3 is 14.6 Å². The smallest absolute Gasteiger partial charge is 0.220 e. The van der Waals surface area contributed by atoms with E-state index in [1.165, 1.54) is 16.3 Å². The second kappa shape index (κ2) is 11.5. The highest BCUT2D eigenvalue weighted by atomic mass is 16.5. The molecule has 0 fully saturated rings. The van der Waals surface area contributed by atoms with E-state index in [2.05, 4.69) is 52.3 Å². The minimum Gasteiger partial charge on any atom is -0.494 e. The molecule has 0 radical (unpaired) electrons. The number of rotatable bonds is 11. The van der Waals surface area contributed by atoms with Gasteiger partial charge in [-0.25, -0.2) is 4.98 Å². The van der Waals surface area contributed by atoms with Gasteiger partial charge in [0.25, 0.3) is 0 Å². The molecule has 0 atom stereocenters. The Bertz CT molecular complexity index is 1440. The molecule has 0 spiro atoms. The van der Waals surface area contributed by atoms with Crippen molar-refractivity contribution in [2.45, 2.75) is 32.2 Å². The zero-order valence-electron chi connectivity index (χ0n) is 20.4. The van der Waals surface area contributed by atoms with E-state index in [0.717, 1.165) is 42.0 Å². The van der Waals surface area contributed by atoms with Crippen molar-refractivity contribution < 1.29 is 9.53 Å². The monoisotopic (exact) mass is 477 g/mol. The van der Waals surface area contributed by atoms with Crippen molar-refractivity contribution in [3.05, 3.63) is 108 Å². The zero-order valence-corrected chi connectivity index (χ0v) is 20.4. The Morgan fingerprint density at radius 1 is 0.833 bits per heavy atom. The van der Waals surface area contributed by atoms with E-state index in [4.69, 9.17) is 9.72 Å². The highest BCUT2D eigenvalue weighted by Crippen LogP contribution is 2.21. The molecule has 5 heteroatoms. The molecule has 36 heavy (non-hydrogen) atoms. The first-order chi connectivity index (χ1) is 17.8. The number of aryl methyl sites for hydroxylation is 2. The number of ether oxygens (including phenoxy) is 1. The van der Waals surface area contributed by atoms with Crippen LogP contribution < -0.4 is 10.1 Å². The van der Waals surface area contributed by atoms with Crippen LogP contribution >= 0.6 is 0 Å². The lowest BCUT2D eigenvalue weighted by Gasteiger charge is -2.11. The fourth-order valence-corrected chi connectivity index (χ4v) is 4.54. The van der Waals surface area contributed by atoms with Crippen LogP contribution in [-0.2, 0) is 24.2 Å². The molecule has 4 aromatic carbocycles. The molecule has 1 N–H and O–H groups in total. The first-order valence-corrected chi connectivity index (χ1v) is 12.6. The van der Waals surface area contributed by atoms with Crippen molar-refractivity contribution in [1.82, 2.24) is 14.9 Å². The number of amides is 1. The third-order valence-corrected chi connectivity index (χ3v) is 6.40. The number of hydrogen-bond acceptors (Lipinski definition) is 3. The predicted molar refractivity (Wildman–Crippen MR) is 145 cm³/mol. The summed E-state index contributed by atoms with van der Waals surface area (Å²) >= 11 is 0. The van der Waals surface area contributed by atoms with E-state index in [-0.39, 0.29) is 5.91 Å². The standard InChI is InChI=1S/C31H31N3O2/c35-31(18-15-24-9-2-1-3-10-24)32-20-19-30-33-28-13-6-7-14-29(28)34(30)21-8-22-36-27-17-16-25-11-4-5-12-26(25)23-27/h1-7,9-14,16-17,23H,8,15,18-22H2,(H,32,35). The van der Waals surface area contributed by atoms with Gasteiger partial charge in [-0.1, -0.05) is 72.8 Å². The quantitative estimate of drug-likeness (QED) is 0.239. The third-order valence-electron chi connectivity index (χ3n) is 6.40. The number of aromatic nitrogens is 2. The van der Waals surface area contributed by atoms with Crippen molar-refractivity contribution in [3.8, 4) is 5.75 Å². The Labute approximate surface area is 211 Å². The molecule has 1 aromatic heterocycles. The maximum absolute atomic E-state index is 12.3. The number of carbonyl (C=O) groups is 1. The van der Waals surface area contributed by atoms with Gasteiger partial charge in [-0.05, 0) is 53.4 Å². The summed E-state index contributed by atoms with van der Waals surface area (Å²) in [6, 6.07) is 32.8. The summed E-state index contributed by atoms with van der Waals surface area (Å²) in [5, 5.41) is 5.46. The molecule has 0 saturated heterocycles. The summed E-state index contributed by atoms with van der Waals surface area (Å²) in [4.78, 5) is 17.2. The Hall–Kier alpha value is -4.12. The lowest BCUT2D eigenvalue weighted by Crippen LogP contribution is -2.26. The van der Waals surface area contributed by atoms with Crippen LogP contribution in [0.1, 0.15) is 24.2 Å². The van der Waals surface area contributed by atoms with Gasteiger partial charge >= 0.3 is 0 Å². The second-order valence-electron chi connectivity index (χ2n) is 8.96. The van der Waals surface area contributed by atoms with E-state index in [1.807, 2.05) is 54.6 Å². The number of benzene rings is 4. The van der Waals surface area contributed by atoms with Crippen LogP contribution in [0.5, 0.6) is 5.75 Å². The van der Waals surface area contributed by atoms with E-state index in [0.29, 0.717) is 26.0 Å². The van der Waals surface area contributed by atoms with Gasteiger partial charge in [0.05, 0.1) is 17.6 Å². The molecule has 0 saturated carbocycles. The van der Waals surface area contributed by atoms with Crippen LogP contribution in [0.25, 0.3) is 21.8 Å². The molecular formula is C31H31N3O2. The summed E-state index contributed by atoms with van der Waals surface area (Å²) in [5.41, 5.74) is 3.28. The van der Waals surface area contributed by atoms with E-state index >= 15 is 0 Å². The molecule has 5 nitrogen and oxygen atoms in total. The summed E-state index contributed by atoms with van der Waals surface area (Å²) in [6.07, 6.45) is 2.80. The normalized spacial score (nSPS) is 11.1. The van der Waals surface area contributed by atoms with Gasteiger partial charge in [0, 0.05) is 25.9 Å². The summed E-state index contributed by atoms with van der Waals surface area (Å²) in [7, 11) is 0. The van der Waals surface area contributed by atoms with Crippen molar-refractivity contribution in [2.24, 2.45) is 0 Å². The van der Waals surface area contributed by atoms with Crippen molar-refractivity contribution in [1.29, 1.82) is 0 Å². The molecule has 1 amide bonds. The number of fused-ring (bicyclic) bond motifs is 2. The average Bonchev–Trinajstić information content (AvgIpc) is 3.27. The number of imidazole rings is 1. The Kier molecular flexibility index (Phi) is 7.57. The maximum Gasteiger partial charge on any atom is 0.220 e. The second-order valence-corrected chi connectivity index (χ2v) is 8.96. The molecule has 5 aromatic rings. The number of hydrogen-bond donors (Lipinski definition) is 1. The number of carbonyl (C=O) groups excluding carboxylic acids is 1. The topological polar surface area (TPSA) is 56.2 Å². The Balaban J connectivity index is 1.15. The van der Waals surface area contributed by atoms with Gasteiger partial charge in [0.2, 0.25) is 5.91 Å². The Morgan fingerprint density at radius 2 is 1.61 bits per heavy atom. The summed E-state index contributed by atoms with van der Waals surface area (Å²) in [6.45, 7) is 2.01. The third kappa shape index (κ3) is 5.92. The Morgan fingerprint density at radius 3 is 2.50 bits per heavy atom. The molecule has 0 aliphatic rings. The summed E-state index contributed by atoms with van der Waals surface area (Å²) in [5.74, 6) is 1.96. The highest BCUT2D eigenvalue weighted by Gasteiger charge is 2.11. The first-order valence-electron chi connectivity index (χ1n) is 12.6. The largest absolute Gasteiger partial charge is 0.494 e.